The Morgan fingerprint density at radius 1 is 1.00 bits per heavy atom. The molecule has 0 saturated carbocycles. The van der Waals surface area contributed by atoms with Crippen LogP contribution in [0.5, 0.6) is 0 Å². The van der Waals surface area contributed by atoms with Gasteiger partial charge in [0.2, 0.25) is 0 Å². The Balaban J connectivity index is 2.58. The Morgan fingerprint density at radius 3 is 2.35 bits per heavy atom. The van der Waals surface area contributed by atoms with Crippen LogP contribution >= 0.6 is 0 Å². The maximum absolute atomic E-state index is 10.0. The number of hydrogen-bond donors (Lipinski definition) is 4. The first-order valence-electron chi connectivity index (χ1n) is 5.48. The van der Waals surface area contributed by atoms with Crippen molar-refractivity contribution >= 4 is 16.5 Å². The number of aliphatic hydroxyl groups excluding tert-OH is 2. The summed E-state index contributed by atoms with van der Waals surface area (Å²) in [5.74, 6) is 0. The van der Waals surface area contributed by atoms with Crippen LogP contribution in [0.1, 0.15) is 11.7 Å². The zero-order chi connectivity index (χ0) is 12.4. The van der Waals surface area contributed by atoms with Crippen LogP contribution in [0.3, 0.4) is 0 Å². The molecule has 2 aromatic carbocycles. The van der Waals surface area contributed by atoms with Gasteiger partial charge in [-0.1, -0.05) is 30.3 Å². The van der Waals surface area contributed by atoms with Crippen LogP contribution in [0, 0.1) is 0 Å². The van der Waals surface area contributed by atoms with E-state index < -0.39 is 12.2 Å². The van der Waals surface area contributed by atoms with Crippen LogP contribution < -0.4 is 11.5 Å². The molecule has 0 aromatic heterocycles. The molecule has 0 amide bonds. The Bertz CT molecular complexity index is 528. The van der Waals surface area contributed by atoms with Crippen molar-refractivity contribution in [1.29, 1.82) is 0 Å². The van der Waals surface area contributed by atoms with E-state index in [0.717, 1.165) is 10.8 Å². The van der Waals surface area contributed by atoms with Gasteiger partial charge in [-0.2, -0.15) is 0 Å². The normalized spacial score (nSPS) is 14.8. The third-order valence-electron chi connectivity index (χ3n) is 2.91. The molecule has 0 radical (unpaired) electrons. The van der Waals surface area contributed by atoms with Crippen LogP contribution in [-0.4, -0.2) is 22.9 Å². The molecule has 2 rings (SSSR count). The zero-order valence-electron chi connectivity index (χ0n) is 9.38. The lowest BCUT2D eigenvalue weighted by Gasteiger charge is -2.18. The second-order valence-corrected chi connectivity index (χ2v) is 4.04. The Morgan fingerprint density at radius 2 is 1.65 bits per heavy atom. The summed E-state index contributed by atoms with van der Waals surface area (Å²) in [6, 6.07) is 11.0. The van der Waals surface area contributed by atoms with Crippen molar-refractivity contribution in [3.8, 4) is 0 Å². The monoisotopic (exact) mass is 232 g/mol. The third-order valence-corrected chi connectivity index (χ3v) is 2.91. The van der Waals surface area contributed by atoms with Gasteiger partial charge in [0.1, 0.15) is 6.10 Å². The highest BCUT2D eigenvalue weighted by molar-refractivity contribution is 5.95. The average Bonchev–Trinajstić information content (AvgIpc) is 2.37. The molecular weight excluding hydrogens is 216 g/mol. The van der Waals surface area contributed by atoms with E-state index >= 15 is 0 Å². The quantitative estimate of drug-likeness (QED) is 0.588. The fourth-order valence-electron chi connectivity index (χ4n) is 1.95. The number of fused-ring (bicyclic) bond motifs is 1. The van der Waals surface area contributed by atoms with Crippen molar-refractivity contribution in [3.63, 3.8) is 0 Å². The maximum atomic E-state index is 10.0. The minimum Gasteiger partial charge on any atom is -0.398 e. The Hall–Kier alpha value is -1.62. The second kappa shape index (κ2) is 4.71. The summed E-state index contributed by atoms with van der Waals surface area (Å²) in [7, 11) is 0. The van der Waals surface area contributed by atoms with E-state index in [9.17, 15) is 10.2 Å². The number of nitrogens with two attached hydrogens (primary N) is 2. The van der Waals surface area contributed by atoms with Crippen LogP contribution in [0.4, 0.5) is 5.69 Å². The summed E-state index contributed by atoms with van der Waals surface area (Å²) in [6.07, 6.45) is -1.97. The van der Waals surface area contributed by atoms with E-state index in [1.807, 2.05) is 18.2 Å². The first kappa shape index (κ1) is 11.9. The lowest BCUT2D eigenvalue weighted by Crippen LogP contribution is -2.27. The predicted octanol–water partition coefficient (Wildman–Crippen LogP) is 0.775. The smallest absolute Gasteiger partial charge is 0.107 e. The molecule has 0 bridgehead atoms. The minimum absolute atomic E-state index is 0.0138. The summed E-state index contributed by atoms with van der Waals surface area (Å²) in [4.78, 5) is 0. The highest BCUT2D eigenvalue weighted by Crippen LogP contribution is 2.29. The summed E-state index contributed by atoms with van der Waals surface area (Å²) in [5, 5.41) is 21.3. The molecule has 0 fully saturated rings. The average molecular weight is 232 g/mol. The summed E-state index contributed by atoms with van der Waals surface area (Å²) in [6.45, 7) is 0.0138. The number of aliphatic hydroxyl groups is 2. The van der Waals surface area contributed by atoms with Gasteiger partial charge in [-0.15, -0.1) is 0 Å². The van der Waals surface area contributed by atoms with Crippen molar-refractivity contribution < 1.29 is 10.2 Å². The molecule has 0 aliphatic carbocycles. The van der Waals surface area contributed by atoms with Gasteiger partial charge in [-0.25, -0.2) is 0 Å². The highest BCUT2D eigenvalue weighted by Gasteiger charge is 2.18. The van der Waals surface area contributed by atoms with Gasteiger partial charge in [0.05, 0.1) is 6.10 Å². The van der Waals surface area contributed by atoms with Gasteiger partial charge in [0, 0.05) is 17.6 Å². The van der Waals surface area contributed by atoms with E-state index in [2.05, 4.69) is 0 Å². The summed E-state index contributed by atoms with van der Waals surface area (Å²) in [5.41, 5.74) is 12.5. The number of nitrogen functional groups attached to an aromatic ring is 1. The molecule has 2 atom stereocenters. The topological polar surface area (TPSA) is 92.5 Å². The molecule has 0 heterocycles. The molecular formula is C13H16N2O2. The molecule has 17 heavy (non-hydrogen) atoms. The Labute approximate surface area is 99.5 Å². The van der Waals surface area contributed by atoms with Crippen LogP contribution in [-0.2, 0) is 0 Å². The SMILES string of the molecule is NCC(O)C(O)c1cccc2c(N)cccc12. The Kier molecular flexibility index (Phi) is 3.28. The van der Waals surface area contributed by atoms with Gasteiger partial charge in [0.15, 0.2) is 0 Å². The molecule has 0 aliphatic rings. The van der Waals surface area contributed by atoms with Crippen LogP contribution in [0.15, 0.2) is 36.4 Å². The number of rotatable bonds is 3. The van der Waals surface area contributed by atoms with Crippen molar-refractivity contribution in [3.05, 3.63) is 42.0 Å². The molecule has 0 spiro atoms. The summed E-state index contributed by atoms with van der Waals surface area (Å²) < 4.78 is 0. The molecule has 4 nitrogen and oxygen atoms in total. The number of benzene rings is 2. The van der Waals surface area contributed by atoms with E-state index in [1.54, 1.807) is 18.2 Å². The summed E-state index contributed by atoms with van der Waals surface area (Å²) >= 11 is 0. The lowest BCUT2D eigenvalue weighted by molar-refractivity contribution is 0.0252. The number of hydrogen-bond acceptors (Lipinski definition) is 4. The number of anilines is 1. The molecule has 6 N–H and O–H groups in total. The van der Waals surface area contributed by atoms with E-state index in [0.29, 0.717) is 11.3 Å². The van der Waals surface area contributed by atoms with Gasteiger partial charge < -0.3 is 21.7 Å². The minimum atomic E-state index is -0.995. The third kappa shape index (κ3) is 2.10. The highest BCUT2D eigenvalue weighted by atomic mass is 16.3. The van der Waals surface area contributed by atoms with E-state index in [4.69, 9.17) is 11.5 Å². The van der Waals surface area contributed by atoms with Crippen LogP contribution in [0.2, 0.25) is 0 Å². The van der Waals surface area contributed by atoms with E-state index in [-0.39, 0.29) is 6.54 Å². The van der Waals surface area contributed by atoms with Gasteiger partial charge >= 0.3 is 0 Å². The fraction of sp³-hybridized carbons (Fsp3) is 0.231. The van der Waals surface area contributed by atoms with Gasteiger partial charge in [-0.05, 0) is 17.0 Å². The maximum Gasteiger partial charge on any atom is 0.107 e. The first-order chi connectivity index (χ1) is 8.15. The van der Waals surface area contributed by atoms with Crippen LogP contribution in [0.25, 0.3) is 10.8 Å². The fourth-order valence-corrected chi connectivity index (χ4v) is 1.95. The van der Waals surface area contributed by atoms with Crippen molar-refractivity contribution in [2.45, 2.75) is 12.2 Å². The largest absolute Gasteiger partial charge is 0.398 e. The van der Waals surface area contributed by atoms with Gasteiger partial charge in [0.25, 0.3) is 0 Å². The predicted molar refractivity (Wildman–Crippen MR) is 68.4 cm³/mol. The first-order valence-corrected chi connectivity index (χ1v) is 5.48. The zero-order valence-corrected chi connectivity index (χ0v) is 9.38. The molecule has 0 aliphatic heterocycles. The molecule has 0 saturated heterocycles. The second-order valence-electron chi connectivity index (χ2n) is 4.04. The van der Waals surface area contributed by atoms with Gasteiger partial charge in [-0.3, -0.25) is 0 Å². The molecule has 90 valence electrons. The molecule has 4 heteroatoms. The van der Waals surface area contributed by atoms with Crippen molar-refractivity contribution in [2.75, 3.05) is 12.3 Å². The standard InChI is InChI=1S/C13H16N2O2/c14-7-12(16)13(17)10-5-1-4-9-8(10)3-2-6-11(9)15/h1-6,12-13,16-17H,7,14-15H2. The molecule has 2 aromatic rings. The van der Waals surface area contributed by atoms with Crippen molar-refractivity contribution in [2.24, 2.45) is 5.73 Å². The molecule has 2 unspecified atom stereocenters. The van der Waals surface area contributed by atoms with E-state index in [1.165, 1.54) is 0 Å². The lowest BCUT2D eigenvalue weighted by atomic mass is 9.96. The van der Waals surface area contributed by atoms with Crippen molar-refractivity contribution in [1.82, 2.24) is 0 Å².